The number of amides is 1. The van der Waals surface area contributed by atoms with Crippen LogP contribution in [0.1, 0.15) is 55.8 Å². The van der Waals surface area contributed by atoms with Gasteiger partial charge in [-0.25, -0.2) is 4.98 Å². The molecule has 0 spiro atoms. The Bertz CT molecular complexity index is 1180. The normalized spacial score (nSPS) is 14.9. The molecule has 9 heteroatoms. The average molecular weight is 563 g/mol. The SMILES string of the molecule is C=C/C(Cl)=C(Cl)\C=C(/C)CNC(=O)Cc1cccc(CC(C)(CC)NCC(O)c2ccc(O)c(CO)n2)c1. The summed E-state index contributed by atoms with van der Waals surface area (Å²) in [5.41, 5.74) is 3.01. The monoisotopic (exact) mass is 561 g/mol. The predicted molar refractivity (Wildman–Crippen MR) is 153 cm³/mol. The lowest BCUT2D eigenvalue weighted by Crippen LogP contribution is -2.45. The number of hydrogen-bond donors (Lipinski definition) is 5. The Hall–Kier alpha value is -2.68. The van der Waals surface area contributed by atoms with Gasteiger partial charge >= 0.3 is 0 Å². The van der Waals surface area contributed by atoms with E-state index in [1.807, 2.05) is 31.2 Å². The van der Waals surface area contributed by atoms with Gasteiger partial charge in [0, 0.05) is 18.6 Å². The number of aromatic nitrogens is 1. The fraction of sp³-hybridized carbons (Fsp3) is 0.379. The molecule has 7 nitrogen and oxygen atoms in total. The molecule has 1 heterocycles. The van der Waals surface area contributed by atoms with E-state index in [1.54, 1.807) is 6.08 Å². The Balaban J connectivity index is 1.97. The second-order valence-corrected chi connectivity index (χ2v) is 10.3. The van der Waals surface area contributed by atoms with E-state index in [0.29, 0.717) is 28.7 Å². The molecule has 0 bridgehead atoms. The Morgan fingerprint density at radius 3 is 2.58 bits per heavy atom. The van der Waals surface area contributed by atoms with Gasteiger partial charge in [0.05, 0.1) is 28.8 Å². The van der Waals surface area contributed by atoms with E-state index < -0.39 is 12.7 Å². The molecule has 0 saturated heterocycles. The van der Waals surface area contributed by atoms with E-state index >= 15 is 0 Å². The number of nitrogens with zero attached hydrogens (tertiary/aromatic N) is 1. The molecule has 5 N–H and O–H groups in total. The Kier molecular flexibility index (Phi) is 12.5. The van der Waals surface area contributed by atoms with Crippen LogP contribution in [0.15, 0.2) is 70.8 Å². The second kappa shape index (κ2) is 15.0. The maximum absolute atomic E-state index is 12.5. The van der Waals surface area contributed by atoms with Gasteiger partial charge in [-0.15, -0.1) is 0 Å². The minimum atomic E-state index is -0.905. The topological polar surface area (TPSA) is 115 Å². The summed E-state index contributed by atoms with van der Waals surface area (Å²) in [6.07, 6.45) is 3.98. The summed E-state index contributed by atoms with van der Waals surface area (Å²) in [7, 11) is 0. The summed E-state index contributed by atoms with van der Waals surface area (Å²) in [6.45, 7) is 9.77. The fourth-order valence-corrected chi connectivity index (χ4v) is 4.11. The highest BCUT2D eigenvalue weighted by Gasteiger charge is 2.24. The van der Waals surface area contributed by atoms with Gasteiger partial charge in [-0.2, -0.15) is 0 Å². The van der Waals surface area contributed by atoms with E-state index in [2.05, 4.69) is 36.0 Å². The number of benzene rings is 1. The van der Waals surface area contributed by atoms with Crippen molar-refractivity contribution in [1.82, 2.24) is 15.6 Å². The van der Waals surface area contributed by atoms with Crippen LogP contribution in [0.5, 0.6) is 5.75 Å². The van der Waals surface area contributed by atoms with Crippen LogP contribution in [0.4, 0.5) is 0 Å². The molecule has 0 fully saturated rings. The first-order chi connectivity index (χ1) is 18.0. The summed E-state index contributed by atoms with van der Waals surface area (Å²) in [5, 5.41) is 36.7. The molecule has 2 rings (SSSR count). The van der Waals surface area contributed by atoms with E-state index in [4.69, 9.17) is 23.2 Å². The highest BCUT2D eigenvalue weighted by molar-refractivity contribution is 6.41. The van der Waals surface area contributed by atoms with E-state index in [-0.39, 0.29) is 35.9 Å². The highest BCUT2D eigenvalue weighted by Crippen LogP contribution is 2.22. The Morgan fingerprint density at radius 2 is 1.92 bits per heavy atom. The lowest BCUT2D eigenvalue weighted by Gasteiger charge is -2.31. The molecule has 2 aromatic rings. The van der Waals surface area contributed by atoms with E-state index in [9.17, 15) is 20.1 Å². The third-order valence-corrected chi connectivity index (χ3v) is 7.03. The minimum Gasteiger partial charge on any atom is -0.506 e. The first-order valence-corrected chi connectivity index (χ1v) is 13.2. The molecular formula is C29H37Cl2N3O4. The quantitative estimate of drug-likeness (QED) is 0.212. The van der Waals surface area contributed by atoms with Crippen LogP contribution < -0.4 is 10.6 Å². The Morgan fingerprint density at radius 1 is 1.21 bits per heavy atom. The maximum Gasteiger partial charge on any atom is 0.224 e. The molecule has 2 unspecified atom stereocenters. The van der Waals surface area contributed by atoms with Crippen molar-refractivity contribution in [2.45, 2.75) is 58.3 Å². The molecule has 0 aliphatic heterocycles. The van der Waals surface area contributed by atoms with Crippen LogP contribution in [0, 0.1) is 0 Å². The van der Waals surface area contributed by atoms with Crippen LogP contribution >= 0.6 is 23.2 Å². The molecule has 0 aliphatic carbocycles. The first-order valence-electron chi connectivity index (χ1n) is 12.4. The number of carbonyl (C=O) groups is 1. The molecule has 38 heavy (non-hydrogen) atoms. The number of aromatic hydroxyl groups is 1. The molecule has 0 saturated carbocycles. The second-order valence-electron chi connectivity index (χ2n) is 9.51. The number of nitrogens with one attached hydrogen (secondary N) is 2. The molecule has 1 aromatic carbocycles. The number of aliphatic hydroxyl groups excluding tert-OH is 2. The van der Waals surface area contributed by atoms with Crippen molar-refractivity contribution in [2.24, 2.45) is 0 Å². The molecule has 0 radical (unpaired) electrons. The molecule has 2 atom stereocenters. The number of aliphatic hydroxyl groups is 2. The number of carbonyl (C=O) groups excluding carboxylic acids is 1. The van der Waals surface area contributed by atoms with Crippen molar-refractivity contribution in [3.05, 3.63) is 93.3 Å². The molecule has 206 valence electrons. The smallest absolute Gasteiger partial charge is 0.224 e. The molecule has 1 aromatic heterocycles. The zero-order chi connectivity index (χ0) is 28.3. The van der Waals surface area contributed by atoms with Crippen LogP contribution in [-0.4, -0.2) is 44.8 Å². The summed E-state index contributed by atoms with van der Waals surface area (Å²) >= 11 is 12.0. The van der Waals surface area contributed by atoms with Gasteiger partial charge in [0.2, 0.25) is 5.91 Å². The van der Waals surface area contributed by atoms with Gasteiger partial charge in [-0.05, 0) is 62.1 Å². The van der Waals surface area contributed by atoms with Crippen LogP contribution in [0.25, 0.3) is 0 Å². The standard InChI is InChI=1S/C29H37Cl2N3O4/c1-5-22(30)23(31)12-19(3)16-32-28(38)14-20-8-7-9-21(13-20)15-29(4,6-2)33-17-27(37)24-10-11-26(36)25(18-35)34-24/h5,7-13,27,33,35-37H,1,6,14-18H2,2-4H3,(H,32,38)/b19-12+,23-22-. The van der Waals surface area contributed by atoms with Gasteiger partial charge < -0.3 is 26.0 Å². The van der Waals surface area contributed by atoms with E-state index in [1.165, 1.54) is 18.2 Å². The summed E-state index contributed by atoms with van der Waals surface area (Å²) < 4.78 is 0. The van der Waals surface area contributed by atoms with Gasteiger partial charge in [-0.3, -0.25) is 4.79 Å². The summed E-state index contributed by atoms with van der Waals surface area (Å²) in [6, 6.07) is 10.9. The average Bonchev–Trinajstić information content (AvgIpc) is 2.90. The van der Waals surface area contributed by atoms with Crippen LogP contribution in [0.3, 0.4) is 0 Å². The number of hydrogen-bond acceptors (Lipinski definition) is 6. The highest BCUT2D eigenvalue weighted by atomic mass is 35.5. The third-order valence-electron chi connectivity index (χ3n) is 6.26. The maximum atomic E-state index is 12.5. The summed E-state index contributed by atoms with van der Waals surface area (Å²) in [5.74, 6) is -0.210. The van der Waals surface area contributed by atoms with Crippen molar-refractivity contribution < 1.29 is 20.1 Å². The molecule has 1 amide bonds. The lowest BCUT2D eigenvalue weighted by molar-refractivity contribution is -0.120. The predicted octanol–water partition coefficient (Wildman–Crippen LogP) is 4.79. The Labute approximate surface area is 234 Å². The van der Waals surface area contributed by atoms with Gasteiger partial charge in [0.15, 0.2) is 0 Å². The number of allylic oxidation sites excluding steroid dienone is 4. The zero-order valence-electron chi connectivity index (χ0n) is 22.1. The molecule has 0 aliphatic rings. The fourth-order valence-electron chi connectivity index (χ4n) is 3.79. The third kappa shape index (κ3) is 9.89. The minimum absolute atomic E-state index is 0.104. The number of rotatable bonds is 14. The number of pyridine rings is 1. The molecular weight excluding hydrogens is 525 g/mol. The van der Waals surface area contributed by atoms with Crippen LogP contribution in [-0.2, 0) is 24.2 Å². The van der Waals surface area contributed by atoms with Gasteiger partial charge in [0.1, 0.15) is 17.5 Å². The van der Waals surface area contributed by atoms with Crippen molar-refractivity contribution in [3.8, 4) is 5.75 Å². The first kappa shape index (κ1) is 31.5. The van der Waals surface area contributed by atoms with E-state index in [0.717, 1.165) is 23.1 Å². The van der Waals surface area contributed by atoms with Crippen molar-refractivity contribution >= 4 is 29.1 Å². The van der Waals surface area contributed by atoms with Crippen molar-refractivity contribution in [1.29, 1.82) is 0 Å². The van der Waals surface area contributed by atoms with Gasteiger partial charge in [-0.1, -0.05) is 66.5 Å². The van der Waals surface area contributed by atoms with Crippen molar-refractivity contribution in [2.75, 3.05) is 13.1 Å². The summed E-state index contributed by atoms with van der Waals surface area (Å²) in [4.78, 5) is 16.7. The lowest BCUT2D eigenvalue weighted by atomic mass is 9.89. The van der Waals surface area contributed by atoms with Crippen LogP contribution in [0.2, 0.25) is 0 Å². The van der Waals surface area contributed by atoms with Gasteiger partial charge in [0.25, 0.3) is 0 Å². The van der Waals surface area contributed by atoms with Crippen molar-refractivity contribution in [3.63, 3.8) is 0 Å². The number of β-amino-alcohol motifs (C(OH)–C–C–N with tert-alkyl or cyclic N) is 1. The largest absolute Gasteiger partial charge is 0.506 e. The zero-order valence-corrected chi connectivity index (χ0v) is 23.6. The number of halogens is 2.